The van der Waals surface area contributed by atoms with E-state index in [4.69, 9.17) is 0 Å². The highest BCUT2D eigenvalue weighted by atomic mass is 32.2. The second kappa shape index (κ2) is 13.8. The molecule has 2 N–H and O–H groups in total. The lowest BCUT2D eigenvalue weighted by Gasteiger charge is -2.22. The molecule has 0 unspecified atom stereocenters. The molecule has 0 saturated carbocycles. The first kappa shape index (κ1) is 30.3. The highest BCUT2D eigenvalue weighted by Crippen LogP contribution is 2.34. The van der Waals surface area contributed by atoms with Gasteiger partial charge in [-0.25, -0.2) is 0 Å². The van der Waals surface area contributed by atoms with Crippen molar-refractivity contribution in [3.8, 4) is 0 Å². The predicted octanol–water partition coefficient (Wildman–Crippen LogP) is 6.26. The molecule has 0 spiro atoms. The number of amides is 1. The minimum Gasteiger partial charge on any atom is -0.326 e. The summed E-state index contributed by atoms with van der Waals surface area (Å²) in [7, 11) is 5.63. The number of nitrogens with one attached hydrogen (secondary N) is 2. The van der Waals surface area contributed by atoms with Crippen LogP contribution >= 0.6 is 11.8 Å². The second-order valence-corrected chi connectivity index (χ2v) is 11.1. The van der Waals surface area contributed by atoms with Gasteiger partial charge in [0.25, 0.3) is 0 Å². The highest BCUT2D eigenvalue weighted by molar-refractivity contribution is 7.99. The van der Waals surface area contributed by atoms with Crippen LogP contribution in [-0.4, -0.2) is 70.9 Å². The monoisotopic (exact) mass is 582 g/mol. The summed E-state index contributed by atoms with van der Waals surface area (Å²) in [6.07, 6.45) is 1.16. The van der Waals surface area contributed by atoms with Gasteiger partial charge in [0.2, 0.25) is 5.91 Å². The molecule has 0 radical (unpaired) electrons. The van der Waals surface area contributed by atoms with Crippen molar-refractivity contribution in [1.29, 1.82) is 0 Å². The van der Waals surface area contributed by atoms with Crippen LogP contribution in [0, 0.1) is 0 Å². The number of aromatic nitrogens is 3. The van der Waals surface area contributed by atoms with Crippen molar-refractivity contribution >= 4 is 46.4 Å². The molecule has 216 valence electrons. The Hall–Kier alpha value is -3.67. The molecule has 1 amide bonds. The van der Waals surface area contributed by atoms with Crippen LogP contribution in [0.25, 0.3) is 23.1 Å². The van der Waals surface area contributed by atoms with E-state index < -0.39 is 11.7 Å². The number of halogens is 3. The van der Waals surface area contributed by atoms with Crippen LogP contribution in [0.4, 0.5) is 18.9 Å². The summed E-state index contributed by atoms with van der Waals surface area (Å²) in [5.41, 5.74) is 2.08. The Morgan fingerprint density at radius 3 is 2.61 bits per heavy atom. The highest BCUT2D eigenvalue weighted by Gasteiger charge is 2.34. The van der Waals surface area contributed by atoms with Gasteiger partial charge < -0.3 is 15.1 Å². The number of hydrogen-bond acceptors (Lipinski definition) is 6. The number of benzene rings is 2. The van der Waals surface area contributed by atoms with Crippen molar-refractivity contribution in [3.05, 3.63) is 83.3 Å². The summed E-state index contributed by atoms with van der Waals surface area (Å²) >= 11 is 1.49. The maximum absolute atomic E-state index is 13.8. The van der Waals surface area contributed by atoms with E-state index in [1.807, 2.05) is 72.4 Å². The SMILES string of the molecule is CN(C)CCN(C)Cc1ccc(NC(=O)CCSc2ccc3c(/C=C/c4ccccn4)n[nH]c3c2)cc1C(F)(F)F. The van der Waals surface area contributed by atoms with E-state index in [-0.39, 0.29) is 30.1 Å². The van der Waals surface area contributed by atoms with Gasteiger partial charge in [-0.2, -0.15) is 18.3 Å². The van der Waals surface area contributed by atoms with Gasteiger partial charge >= 0.3 is 6.18 Å². The van der Waals surface area contributed by atoms with Gasteiger partial charge in [-0.05, 0) is 81.3 Å². The Labute approximate surface area is 241 Å². The molecule has 4 rings (SSSR count). The Morgan fingerprint density at radius 1 is 1.05 bits per heavy atom. The first-order chi connectivity index (χ1) is 19.6. The number of H-pyrrole nitrogens is 1. The van der Waals surface area contributed by atoms with E-state index >= 15 is 0 Å². The van der Waals surface area contributed by atoms with Crippen molar-refractivity contribution in [3.63, 3.8) is 0 Å². The molecule has 0 aliphatic carbocycles. The summed E-state index contributed by atoms with van der Waals surface area (Å²) in [5.74, 6) is 0.129. The lowest BCUT2D eigenvalue weighted by atomic mass is 10.1. The number of thioether (sulfide) groups is 1. The number of likely N-dealkylation sites (N-methyl/N-ethyl adjacent to an activating group) is 2. The molecule has 2 aromatic heterocycles. The number of aromatic amines is 1. The first-order valence-electron chi connectivity index (χ1n) is 13.1. The maximum atomic E-state index is 13.8. The number of alkyl halides is 3. The third-order valence-electron chi connectivity index (χ3n) is 6.33. The van der Waals surface area contributed by atoms with Gasteiger partial charge in [0.1, 0.15) is 0 Å². The van der Waals surface area contributed by atoms with Crippen LogP contribution in [0.1, 0.15) is 28.9 Å². The minimum absolute atomic E-state index is 0.136. The van der Waals surface area contributed by atoms with Crippen LogP contribution in [0.2, 0.25) is 0 Å². The quantitative estimate of drug-likeness (QED) is 0.192. The van der Waals surface area contributed by atoms with Crippen LogP contribution in [0.3, 0.4) is 0 Å². The van der Waals surface area contributed by atoms with Crippen molar-refractivity contribution in [1.82, 2.24) is 25.0 Å². The summed E-state index contributed by atoms with van der Waals surface area (Å²) < 4.78 is 41.4. The number of rotatable bonds is 12. The van der Waals surface area contributed by atoms with Gasteiger partial charge in [0, 0.05) is 54.0 Å². The molecule has 4 aromatic rings. The number of fused-ring (bicyclic) bond motifs is 1. The van der Waals surface area contributed by atoms with Crippen molar-refractivity contribution in [2.24, 2.45) is 0 Å². The summed E-state index contributed by atoms with van der Waals surface area (Å²) in [6.45, 7) is 1.54. The van der Waals surface area contributed by atoms with Crippen LogP contribution in [0.5, 0.6) is 0 Å². The van der Waals surface area contributed by atoms with E-state index in [1.165, 1.54) is 23.9 Å². The minimum atomic E-state index is -4.52. The fourth-order valence-electron chi connectivity index (χ4n) is 4.16. The van der Waals surface area contributed by atoms with E-state index in [1.54, 1.807) is 13.2 Å². The van der Waals surface area contributed by atoms with Crippen LogP contribution in [0.15, 0.2) is 65.7 Å². The number of pyridine rings is 1. The Bertz CT molecular complexity index is 1490. The second-order valence-electron chi connectivity index (χ2n) is 9.96. The smallest absolute Gasteiger partial charge is 0.326 e. The fourth-order valence-corrected chi connectivity index (χ4v) is 5.05. The molecule has 2 aromatic carbocycles. The van der Waals surface area contributed by atoms with Crippen molar-refractivity contribution in [2.75, 3.05) is 45.3 Å². The molecule has 0 atom stereocenters. The van der Waals surface area contributed by atoms with E-state index in [2.05, 4.69) is 20.5 Å². The Balaban J connectivity index is 1.32. The van der Waals surface area contributed by atoms with Crippen molar-refractivity contribution in [2.45, 2.75) is 24.0 Å². The van der Waals surface area contributed by atoms with Gasteiger partial charge in [-0.15, -0.1) is 11.8 Å². The predicted molar refractivity (Wildman–Crippen MR) is 160 cm³/mol. The van der Waals surface area contributed by atoms with Crippen LogP contribution < -0.4 is 5.32 Å². The van der Waals surface area contributed by atoms with E-state index in [0.717, 1.165) is 39.8 Å². The topological polar surface area (TPSA) is 77.2 Å². The molecule has 2 heterocycles. The molecule has 0 aliphatic rings. The largest absolute Gasteiger partial charge is 0.416 e. The average Bonchev–Trinajstić information content (AvgIpc) is 3.34. The molecule has 0 aliphatic heterocycles. The molecular formula is C30H33F3N6OS. The summed E-state index contributed by atoms with van der Waals surface area (Å²) in [5, 5.41) is 11.0. The number of hydrogen-bond donors (Lipinski definition) is 2. The number of nitrogens with zero attached hydrogens (tertiary/aromatic N) is 4. The number of anilines is 1. The lowest BCUT2D eigenvalue weighted by Crippen LogP contribution is -2.29. The molecule has 0 bridgehead atoms. The first-order valence-corrected chi connectivity index (χ1v) is 14.1. The number of carbonyl (C=O) groups excluding carboxylic acids is 1. The number of carbonyl (C=O) groups is 1. The fraction of sp³-hybridized carbons (Fsp3) is 0.300. The third-order valence-corrected chi connectivity index (χ3v) is 7.33. The Kier molecular flexibility index (Phi) is 10.2. The van der Waals surface area contributed by atoms with Gasteiger partial charge in [-0.3, -0.25) is 14.9 Å². The molecule has 7 nitrogen and oxygen atoms in total. The van der Waals surface area contributed by atoms with Crippen molar-refractivity contribution < 1.29 is 18.0 Å². The lowest BCUT2D eigenvalue weighted by molar-refractivity contribution is -0.138. The molecule has 0 fully saturated rings. The van der Waals surface area contributed by atoms with E-state index in [0.29, 0.717) is 12.3 Å². The molecule has 41 heavy (non-hydrogen) atoms. The van der Waals surface area contributed by atoms with Gasteiger partial charge in [0.05, 0.1) is 22.5 Å². The zero-order valence-corrected chi connectivity index (χ0v) is 24.0. The third kappa shape index (κ3) is 8.91. The van der Waals surface area contributed by atoms with Gasteiger partial charge in [0.15, 0.2) is 0 Å². The molecule has 0 saturated heterocycles. The van der Waals surface area contributed by atoms with Crippen LogP contribution in [-0.2, 0) is 17.5 Å². The summed E-state index contributed by atoms with van der Waals surface area (Å²) in [4.78, 5) is 21.6. The average molecular weight is 583 g/mol. The summed E-state index contributed by atoms with van der Waals surface area (Å²) in [6, 6.07) is 15.6. The standard InChI is InChI=1S/C30H33F3N6OS/c1-38(2)15-16-39(3)20-21-7-8-23(18-26(21)30(31,32)33)35-29(40)13-17-41-24-10-11-25-27(36-37-28(25)19-24)12-9-22-6-4-5-14-34-22/h4-12,14,18-19H,13,15-17,20H2,1-3H3,(H,35,40)(H,36,37)/b12-9+. The van der Waals surface area contributed by atoms with Gasteiger partial charge in [-0.1, -0.05) is 12.1 Å². The maximum Gasteiger partial charge on any atom is 0.416 e. The Morgan fingerprint density at radius 2 is 1.88 bits per heavy atom. The zero-order chi connectivity index (χ0) is 29.4. The van der Waals surface area contributed by atoms with E-state index in [9.17, 15) is 18.0 Å². The normalized spacial score (nSPS) is 12.2. The molecule has 11 heteroatoms. The zero-order valence-electron chi connectivity index (χ0n) is 23.2. The molecular weight excluding hydrogens is 549 g/mol.